The van der Waals surface area contributed by atoms with E-state index in [9.17, 15) is 4.39 Å². The number of nitrogen functional groups attached to an aromatic ring is 1. The van der Waals surface area contributed by atoms with Crippen LogP contribution in [0.4, 0.5) is 4.39 Å². The number of hydrogen-bond acceptors (Lipinski definition) is 2. The number of methoxy groups -OCH3 is 1. The lowest BCUT2D eigenvalue weighted by Gasteiger charge is -2.02. The number of rotatable bonds is 2. The van der Waals surface area contributed by atoms with Crippen LogP contribution in [-0.4, -0.2) is 12.9 Å². The van der Waals surface area contributed by atoms with Crippen molar-refractivity contribution in [2.24, 2.45) is 5.73 Å². The Balaban J connectivity index is 0.00000144. The summed E-state index contributed by atoms with van der Waals surface area (Å²) in [6.45, 7) is 0. The van der Waals surface area contributed by atoms with E-state index >= 15 is 0 Å². The molecule has 1 rings (SSSR count). The summed E-state index contributed by atoms with van der Waals surface area (Å²) >= 11 is 0. The van der Waals surface area contributed by atoms with E-state index in [0.717, 1.165) is 0 Å². The van der Waals surface area contributed by atoms with E-state index in [1.165, 1.54) is 25.3 Å². The first-order valence-electron chi connectivity index (χ1n) is 3.33. The molecule has 0 bridgehead atoms. The van der Waals surface area contributed by atoms with Gasteiger partial charge in [0, 0.05) is 5.56 Å². The van der Waals surface area contributed by atoms with Crippen LogP contribution in [0.3, 0.4) is 0 Å². The summed E-state index contributed by atoms with van der Waals surface area (Å²) in [6.07, 6.45) is 0. The molecule has 1 aromatic rings. The maximum absolute atomic E-state index is 12.9. The number of benzene rings is 1. The van der Waals surface area contributed by atoms with Crippen LogP contribution in [0.2, 0.25) is 0 Å². The second-order valence-electron chi connectivity index (χ2n) is 2.26. The molecule has 0 saturated heterocycles. The first-order chi connectivity index (χ1) is 5.65. The second kappa shape index (κ2) is 4.67. The molecular formula is C8H10ClFN2O. The van der Waals surface area contributed by atoms with Gasteiger partial charge in [-0.25, -0.2) is 4.39 Å². The molecule has 0 fully saturated rings. The molecule has 0 unspecified atom stereocenters. The van der Waals surface area contributed by atoms with Crippen LogP contribution < -0.4 is 10.5 Å². The molecule has 0 saturated carbocycles. The zero-order chi connectivity index (χ0) is 9.14. The standard InChI is InChI=1S/C8H9FN2O.ClH/c1-12-7-3-2-5(8(10)11)4-6(7)9;/h2-4H,1H3,(H3,10,11);1H. The molecule has 0 aromatic heterocycles. The van der Waals surface area contributed by atoms with Crippen molar-refractivity contribution < 1.29 is 9.13 Å². The van der Waals surface area contributed by atoms with Gasteiger partial charge in [-0.3, -0.25) is 5.41 Å². The number of nitrogens with one attached hydrogen (secondary N) is 1. The van der Waals surface area contributed by atoms with E-state index in [0.29, 0.717) is 5.56 Å². The summed E-state index contributed by atoms with van der Waals surface area (Å²) < 4.78 is 17.6. The van der Waals surface area contributed by atoms with Crippen LogP contribution in [0.25, 0.3) is 0 Å². The lowest BCUT2D eigenvalue weighted by Crippen LogP contribution is -2.11. The monoisotopic (exact) mass is 204 g/mol. The van der Waals surface area contributed by atoms with Gasteiger partial charge in [0.05, 0.1) is 7.11 Å². The van der Waals surface area contributed by atoms with Gasteiger partial charge in [-0.05, 0) is 18.2 Å². The average molecular weight is 205 g/mol. The lowest BCUT2D eigenvalue weighted by atomic mass is 10.2. The van der Waals surface area contributed by atoms with Crippen molar-refractivity contribution in [2.75, 3.05) is 7.11 Å². The molecule has 72 valence electrons. The summed E-state index contributed by atoms with van der Waals surface area (Å²) in [6, 6.07) is 4.14. The number of amidine groups is 1. The van der Waals surface area contributed by atoms with Crippen molar-refractivity contribution in [3.05, 3.63) is 29.6 Å². The van der Waals surface area contributed by atoms with Gasteiger partial charge in [-0.15, -0.1) is 12.4 Å². The molecule has 5 heteroatoms. The Bertz CT molecular complexity index is 317. The van der Waals surface area contributed by atoms with Gasteiger partial charge in [-0.2, -0.15) is 0 Å². The zero-order valence-corrected chi connectivity index (χ0v) is 7.82. The third-order valence-corrected chi connectivity index (χ3v) is 1.46. The van der Waals surface area contributed by atoms with Crippen molar-refractivity contribution in [2.45, 2.75) is 0 Å². The van der Waals surface area contributed by atoms with E-state index in [1.54, 1.807) is 0 Å². The Morgan fingerprint density at radius 2 is 2.15 bits per heavy atom. The first kappa shape index (κ1) is 11.7. The smallest absolute Gasteiger partial charge is 0.165 e. The molecule has 0 aliphatic carbocycles. The Morgan fingerprint density at radius 1 is 1.54 bits per heavy atom. The van der Waals surface area contributed by atoms with Crippen molar-refractivity contribution in [3.8, 4) is 5.75 Å². The third-order valence-electron chi connectivity index (χ3n) is 1.46. The number of halogens is 2. The van der Waals surface area contributed by atoms with Crippen molar-refractivity contribution in [3.63, 3.8) is 0 Å². The van der Waals surface area contributed by atoms with Gasteiger partial charge in [0.1, 0.15) is 5.84 Å². The summed E-state index contributed by atoms with van der Waals surface area (Å²) in [5.74, 6) is -0.512. The molecule has 1 aromatic carbocycles. The molecule has 0 aliphatic heterocycles. The molecule has 0 spiro atoms. The SMILES string of the molecule is COc1ccc(C(=N)N)cc1F.Cl. The van der Waals surface area contributed by atoms with E-state index < -0.39 is 5.82 Å². The molecule has 3 N–H and O–H groups in total. The highest BCUT2D eigenvalue weighted by molar-refractivity contribution is 5.95. The van der Waals surface area contributed by atoms with Crippen LogP contribution in [-0.2, 0) is 0 Å². The van der Waals surface area contributed by atoms with Crippen LogP contribution in [0.5, 0.6) is 5.75 Å². The number of nitrogens with two attached hydrogens (primary N) is 1. The van der Waals surface area contributed by atoms with Crippen LogP contribution in [0, 0.1) is 11.2 Å². The Labute approximate surface area is 81.6 Å². The fourth-order valence-corrected chi connectivity index (χ4v) is 0.834. The zero-order valence-electron chi connectivity index (χ0n) is 7.00. The maximum Gasteiger partial charge on any atom is 0.165 e. The predicted molar refractivity (Wildman–Crippen MR) is 51.2 cm³/mol. The van der Waals surface area contributed by atoms with Gasteiger partial charge < -0.3 is 10.5 Å². The summed E-state index contributed by atoms with van der Waals surface area (Å²) in [7, 11) is 1.38. The second-order valence-corrected chi connectivity index (χ2v) is 2.26. The molecule has 0 radical (unpaired) electrons. The molecule has 0 heterocycles. The minimum atomic E-state index is -0.509. The van der Waals surface area contributed by atoms with Crippen molar-refractivity contribution in [1.82, 2.24) is 0 Å². The molecule has 0 amide bonds. The molecule has 0 aliphatic rings. The van der Waals surface area contributed by atoms with Crippen molar-refractivity contribution in [1.29, 1.82) is 5.41 Å². The number of hydrogen-bond donors (Lipinski definition) is 2. The molecule has 13 heavy (non-hydrogen) atoms. The quantitative estimate of drug-likeness (QED) is 0.567. The Hall–Kier alpha value is -1.29. The Morgan fingerprint density at radius 3 is 2.54 bits per heavy atom. The minimum Gasteiger partial charge on any atom is -0.494 e. The van der Waals surface area contributed by atoms with Crippen LogP contribution in [0.15, 0.2) is 18.2 Å². The van der Waals surface area contributed by atoms with Crippen LogP contribution >= 0.6 is 12.4 Å². The molecular weight excluding hydrogens is 195 g/mol. The van der Waals surface area contributed by atoms with Crippen LogP contribution in [0.1, 0.15) is 5.56 Å². The first-order valence-corrected chi connectivity index (χ1v) is 3.33. The number of ether oxygens (including phenoxy) is 1. The fourth-order valence-electron chi connectivity index (χ4n) is 0.834. The average Bonchev–Trinajstić information content (AvgIpc) is 2.04. The van der Waals surface area contributed by atoms with Gasteiger partial charge in [-0.1, -0.05) is 0 Å². The van der Waals surface area contributed by atoms with Gasteiger partial charge in [0.15, 0.2) is 11.6 Å². The summed E-state index contributed by atoms with van der Waals surface area (Å²) in [5, 5.41) is 7.03. The lowest BCUT2D eigenvalue weighted by molar-refractivity contribution is 0.386. The normalized spacial score (nSPS) is 8.77. The summed E-state index contributed by atoms with van der Waals surface area (Å²) in [5.41, 5.74) is 5.50. The highest BCUT2D eigenvalue weighted by Gasteiger charge is 2.04. The van der Waals surface area contributed by atoms with Gasteiger partial charge in [0.2, 0.25) is 0 Å². The highest BCUT2D eigenvalue weighted by Crippen LogP contribution is 2.16. The largest absolute Gasteiger partial charge is 0.494 e. The van der Waals surface area contributed by atoms with E-state index in [2.05, 4.69) is 0 Å². The van der Waals surface area contributed by atoms with E-state index in [-0.39, 0.29) is 24.0 Å². The molecule has 3 nitrogen and oxygen atoms in total. The molecule has 0 atom stereocenters. The minimum absolute atomic E-state index is 0. The van der Waals surface area contributed by atoms with Crippen molar-refractivity contribution >= 4 is 18.2 Å². The van der Waals surface area contributed by atoms with E-state index in [1.807, 2.05) is 0 Å². The predicted octanol–water partition coefficient (Wildman–Crippen LogP) is 1.54. The third kappa shape index (κ3) is 2.59. The van der Waals surface area contributed by atoms with Gasteiger partial charge >= 0.3 is 0 Å². The highest BCUT2D eigenvalue weighted by atomic mass is 35.5. The van der Waals surface area contributed by atoms with Gasteiger partial charge in [0.25, 0.3) is 0 Å². The summed E-state index contributed by atoms with van der Waals surface area (Å²) in [4.78, 5) is 0. The van der Waals surface area contributed by atoms with E-state index in [4.69, 9.17) is 15.9 Å². The maximum atomic E-state index is 12.9. The fraction of sp³-hybridized carbons (Fsp3) is 0.125. The Kier molecular flexibility index (Phi) is 4.20. The topological polar surface area (TPSA) is 59.1 Å².